The van der Waals surface area contributed by atoms with Crippen molar-refractivity contribution in [3.63, 3.8) is 0 Å². The molecule has 0 saturated heterocycles. The van der Waals surface area contributed by atoms with Gasteiger partial charge in [-0.15, -0.1) is 0 Å². The molecular formula is C13H16N2O6. The van der Waals surface area contributed by atoms with Crippen LogP contribution in [0.2, 0.25) is 0 Å². The van der Waals surface area contributed by atoms with Crippen molar-refractivity contribution in [1.82, 2.24) is 4.98 Å². The van der Waals surface area contributed by atoms with E-state index in [0.717, 1.165) is 19.4 Å². The molecule has 1 unspecified atom stereocenters. The van der Waals surface area contributed by atoms with Crippen LogP contribution in [0.4, 0.5) is 5.69 Å². The Kier molecular flexibility index (Phi) is 4.96. The lowest BCUT2D eigenvalue weighted by atomic mass is 10.0. The molecule has 0 saturated carbocycles. The van der Waals surface area contributed by atoms with Crippen molar-refractivity contribution < 1.29 is 24.0 Å². The van der Waals surface area contributed by atoms with E-state index >= 15 is 0 Å². The second-order valence-electron chi connectivity index (χ2n) is 5.19. The van der Waals surface area contributed by atoms with Crippen molar-refractivity contribution in [3.05, 3.63) is 34.1 Å². The number of rotatable bonds is 4. The Hall–Kier alpha value is -2.51. The molecule has 8 heteroatoms. The Morgan fingerprint density at radius 3 is 2.29 bits per heavy atom. The third kappa shape index (κ3) is 4.51. The molecular weight excluding hydrogens is 280 g/mol. The molecule has 0 fully saturated rings. The number of ether oxygens (including phenoxy) is 2. The largest absolute Gasteiger partial charge is 0.468 e. The van der Waals surface area contributed by atoms with E-state index in [1.165, 1.54) is 6.07 Å². The molecule has 0 bridgehead atoms. The molecule has 21 heavy (non-hydrogen) atoms. The highest BCUT2D eigenvalue weighted by Gasteiger charge is 2.35. The number of nitrogens with zero attached hydrogens (tertiary/aromatic N) is 2. The average molecular weight is 296 g/mol. The van der Waals surface area contributed by atoms with Gasteiger partial charge in [-0.3, -0.25) is 24.7 Å². The van der Waals surface area contributed by atoms with E-state index in [9.17, 15) is 19.7 Å². The van der Waals surface area contributed by atoms with Crippen molar-refractivity contribution >= 4 is 17.6 Å². The highest BCUT2D eigenvalue weighted by molar-refractivity contribution is 6.00. The Morgan fingerprint density at radius 2 is 1.90 bits per heavy atom. The molecule has 8 nitrogen and oxygen atoms in total. The summed E-state index contributed by atoms with van der Waals surface area (Å²) in [7, 11) is 1.13. The minimum atomic E-state index is -1.38. The smallest absolute Gasteiger partial charge is 0.327 e. The summed E-state index contributed by atoms with van der Waals surface area (Å²) in [6, 6.07) is 2.38. The molecule has 0 aliphatic heterocycles. The molecule has 0 aromatic carbocycles. The maximum atomic E-state index is 12.1. The first kappa shape index (κ1) is 16.5. The molecule has 0 N–H and O–H groups in total. The second kappa shape index (κ2) is 6.29. The predicted molar refractivity (Wildman–Crippen MR) is 71.5 cm³/mol. The van der Waals surface area contributed by atoms with Crippen molar-refractivity contribution in [1.29, 1.82) is 0 Å². The normalized spacial score (nSPS) is 12.4. The van der Waals surface area contributed by atoms with Gasteiger partial charge in [0.25, 0.3) is 5.69 Å². The quantitative estimate of drug-likeness (QED) is 0.359. The maximum absolute atomic E-state index is 12.1. The van der Waals surface area contributed by atoms with E-state index in [4.69, 9.17) is 4.74 Å². The lowest BCUT2D eigenvalue weighted by Crippen LogP contribution is -2.32. The number of hydrogen-bond acceptors (Lipinski definition) is 7. The van der Waals surface area contributed by atoms with Crippen LogP contribution in [0.5, 0.6) is 0 Å². The first-order valence-electron chi connectivity index (χ1n) is 6.06. The number of methoxy groups -OCH3 is 1. The summed E-state index contributed by atoms with van der Waals surface area (Å²) < 4.78 is 9.71. The summed E-state index contributed by atoms with van der Waals surface area (Å²) in [6.07, 6.45) is 0.968. The Labute approximate surface area is 121 Å². The van der Waals surface area contributed by atoms with Gasteiger partial charge in [0.2, 0.25) is 0 Å². The minimum absolute atomic E-state index is 0.0294. The van der Waals surface area contributed by atoms with Crippen LogP contribution in [0.3, 0.4) is 0 Å². The summed E-state index contributed by atoms with van der Waals surface area (Å²) in [4.78, 5) is 37.6. The zero-order chi connectivity index (χ0) is 16.2. The summed E-state index contributed by atoms with van der Waals surface area (Å²) in [6.45, 7) is 4.97. The fourth-order valence-corrected chi connectivity index (χ4v) is 1.49. The fourth-order valence-electron chi connectivity index (χ4n) is 1.49. The van der Waals surface area contributed by atoms with Gasteiger partial charge in [0.1, 0.15) is 11.8 Å². The number of aromatic nitrogens is 1. The first-order valence-corrected chi connectivity index (χ1v) is 6.06. The van der Waals surface area contributed by atoms with Gasteiger partial charge in [0, 0.05) is 6.07 Å². The van der Waals surface area contributed by atoms with Crippen LogP contribution in [0.15, 0.2) is 18.3 Å². The number of esters is 2. The zero-order valence-corrected chi connectivity index (χ0v) is 12.2. The van der Waals surface area contributed by atoms with Gasteiger partial charge >= 0.3 is 11.9 Å². The van der Waals surface area contributed by atoms with E-state index < -0.39 is 28.4 Å². The van der Waals surface area contributed by atoms with E-state index in [2.05, 4.69) is 9.72 Å². The summed E-state index contributed by atoms with van der Waals surface area (Å²) in [5, 5.41) is 10.6. The number of carbonyl (C=O) groups excluding carboxylic acids is 2. The molecule has 1 aromatic rings. The van der Waals surface area contributed by atoms with E-state index in [1.54, 1.807) is 20.8 Å². The third-order valence-electron chi connectivity index (χ3n) is 2.36. The topological polar surface area (TPSA) is 109 Å². The Morgan fingerprint density at radius 1 is 1.29 bits per heavy atom. The monoisotopic (exact) mass is 296 g/mol. The Balaban J connectivity index is 3.11. The molecule has 1 aromatic heterocycles. The molecule has 1 rings (SSSR count). The zero-order valence-electron chi connectivity index (χ0n) is 12.2. The van der Waals surface area contributed by atoms with E-state index in [0.29, 0.717) is 0 Å². The van der Waals surface area contributed by atoms with Gasteiger partial charge < -0.3 is 9.47 Å². The molecule has 0 aliphatic rings. The standard InChI is InChI=1S/C13H16N2O6/c1-13(2,3)21-12(17)10(11(16)20-4)9-6-5-8(7-14-9)15(18)19/h5-7,10H,1-4H3. The molecule has 0 amide bonds. The van der Waals surface area contributed by atoms with Crippen LogP contribution in [0.25, 0.3) is 0 Å². The van der Waals surface area contributed by atoms with Gasteiger partial charge in [0.05, 0.1) is 17.7 Å². The van der Waals surface area contributed by atoms with Crippen LogP contribution in [-0.4, -0.2) is 34.6 Å². The van der Waals surface area contributed by atoms with Crippen LogP contribution in [0, 0.1) is 10.1 Å². The van der Waals surface area contributed by atoms with Gasteiger partial charge in [-0.2, -0.15) is 0 Å². The van der Waals surface area contributed by atoms with Crippen molar-refractivity contribution in [3.8, 4) is 0 Å². The highest BCUT2D eigenvalue weighted by Crippen LogP contribution is 2.22. The summed E-state index contributed by atoms with van der Waals surface area (Å²) in [5.74, 6) is -3.05. The van der Waals surface area contributed by atoms with Gasteiger partial charge in [-0.05, 0) is 26.8 Å². The first-order chi connectivity index (χ1) is 9.65. The lowest BCUT2D eigenvalue weighted by Gasteiger charge is -2.22. The number of nitro groups is 1. The lowest BCUT2D eigenvalue weighted by molar-refractivity contribution is -0.385. The minimum Gasteiger partial charge on any atom is -0.468 e. The average Bonchev–Trinajstić information content (AvgIpc) is 2.37. The van der Waals surface area contributed by atoms with Gasteiger partial charge in [-0.1, -0.05) is 0 Å². The predicted octanol–water partition coefficient (Wildman–Crippen LogP) is 1.59. The summed E-state index contributed by atoms with van der Waals surface area (Å²) >= 11 is 0. The van der Waals surface area contributed by atoms with Crippen molar-refractivity contribution in [2.24, 2.45) is 0 Å². The molecule has 114 valence electrons. The third-order valence-corrected chi connectivity index (χ3v) is 2.36. The fraction of sp³-hybridized carbons (Fsp3) is 0.462. The van der Waals surface area contributed by atoms with Crippen LogP contribution >= 0.6 is 0 Å². The van der Waals surface area contributed by atoms with Crippen LogP contribution in [-0.2, 0) is 19.1 Å². The second-order valence-corrected chi connectivity index (χ2v) is 5.19. The van der Waals surface area contributed by atoms with Crippen LogP contribution in [0.1, 0.15) is 32.4 Å². The van der Waals surface area contributed by atoms with E-state index in [-0.39, 0.29) is 11.4 Å². The number of carbonyl (C=O) groups is 2. The van der Waals surface area contributed by atoms with Crippen molar-refractivity contribution in [2.45, 2.75) is 32.3 Å². The van der Waals surface area contributed by atoms with Gasteiger partial charge in [-0.25, -0.2) is 0 Å². The highest BCUT2D eigenvalue weighted by atomic mass is 16.6. The van der Waals surface area contributed by atoms with E-state index in [1.807, 2.05) is 0 Å². The molecule has 0 radical (unpaired) electrons. The molecule has 1 heterocycles. The number of hydrogen-bond donors (Lipinski definition) is 0. The Bertz CT molecular complexity index is 547. The van der Waals surface area contributed by atoms with Gasteiger partial charge in [0.15, 0.2) is 5.92 Å². The molecule has 0 aliphatic carbocycles. The van der Waals surface area contributed by atoms with Crippen molar-refractivity contribution in [2.75, 3.05) is 7.11 Å². The molecule has 0 spiro atoms. The number of pyridine rings is 1. The maximum Gasteiger partial charge on any atom is 0.327 e. The van der Waals surface area contributed by atoms with Crippen LogP contribution < -0.4 is 0 Å². The molecule has 1 atom stereocenters. The SMILES string of the molecule is COC(=O)C(C(=O)OC(C)(C)C)c1ccc([N+](=O)[O-])cn1. The summed E-state index contributed by atoms with van der Waals surface area (Å²) in [5.41, 5.74) is -1.00.